The van der Waals surface area contributed by atoms with Crippen molar-refractivity contribution in [3.05, 3.63) is 23.8 Å². The molecule has 0 saturated heterocycles. The summed E-state index contributed by atoms with van der Waals surface area (Å²) in [6.07, 6.45) is 1.68. The van der Waals surface area contributed by atoms with Gasteiger partial charge in [-0.25, -0.2) is 0 Å². The van der Waals surface area contributed by atoms with Gasteiger partial charge in [0.05, 0.1) is 6.10 Å². The highest BCUT2D eigenvalue weighted by Crippen LogP contribution is 2.55. The van der Waals surface area contributed by atoms with Crippen LogP contribution >= 0.6 is 0 Å². The molecule has 1 aromatic rings. The van der Waals surface area contributed by atoms with Gasteiger partial charge in [0.2, 0.25) is 5.91 Å². The molecule has 3 atom stereocenters. The lowest BCUT2D eigenvalue weighted by Crippen LogP contribution is -2.51. The van der Waals surface area contributed by atoms with Crippen LogP contribution in [0, 0.1) is 0 Å². The Balaban J connectivity index is 2.03. The molecule has 1 amide bonds. The highest BCUT2D eigenvalue weighted by atomic mass is 16.7. The molecule has 132 valence electrons. The van der Waals surface area contributed by atoms with Crippen molar-refractivity contribution < 1.29 is 24.1 Å². The molecule has 1 aliphatic carbocycles. The fourth-order valence-corrected chi connectivity index (χ4v) is 3.87. The summed E-state index contributed by atoms with van der Waals surface area (Å²) in [4.78, 5) is 14.1. The van der Waals surface area contributed by atoms with Crippen molar-refractivity contribution in [3.63, 3.8) is 0 Å². The van der Waals surface area contributed by atoms with E-state index in [9.17, 15) is 9.90 Å². The molecule has 0 radical (unpaired) electrons. The van der Waals surface area contributed by atoms with Gasteiger partial charge in [-0.3, -0.25) is 4.79 Å². The Bertz CT molecular complexity index is 617. The van der Waals surface area contributed by atoms with Crippen molar-refractivity contribution in [2.24, 2.45) is 0 Å². The van der Waals surface area contributed by atoms with E-state index in [2.05, 4.69) is 0 Å². The molecule has 3 rings (SSSR count). The maximum Gasteiger partial charge on any atom is 0.223 e. The number of aliphatic hydroxyl groups excluding tert-OH is 1. The average molecular weight is 335 g/mol. The van der Waals surface area contributed by atoms with Crippen molar-refractivity contribution in [1.82, 2.24) is 4.90 Å². The van der Waals surface area contributed by atoms with Gasteiger partial charge >= 0.3 is 0 Å². The molecule has 0 aromatic heterocycles. The smallest absolute Gasteiger partial charge is 0.223 e. The summed E-state index contributed by atoms with van der Waals surface area (Å²) < 4.78 is 16.7. The second-order valence-electron chi connectivity index (χ2n) is 6.80. The van der Waals surface area contributed by atoms with Crippen LogP contribution in [0.1, 0.15) is 31.2 Å². The Morgan fingerprint density at radius 3 is 2.96 bits per heavy atom. The minimum Gasteiger partial charge on any atom is -0.483 e. The first-order chi connectivity index (χ1) is 11.5. The van der Waals surface area contributed by atoms with Crippen LogP contribution in [0.15, 0.2) is 18.2 Å². The second-order valence-corrected chi connectivity index (χ2v) is 6.80. The summed E-state index contributed by atoms with van der Waals surface area (Å²) in [5.41, 5.74) is 0.455. The van der Waals surface area contributed by atoms with Gasteiger partial charge in [0.15, 0.2) is 18.3 Å². The zero-order valence-electron chi connectivity index (χ0n) is 14.4. The van der Waals surface area contributed by atoms with Crippen LogP contribution in [0.2, 0.25) is 0 Å². The first-order valence-electron chi connectivity index (χ1n) is 8.29. The second kappa shape index (κ2) is 6.61. The van der Waals surface area contributed by atoms with Crippen LogP contribution in [0.4, 0.5) is 0 Å². The van der Waals surface area contributed by atoms with E-state index in [0.717, 1.165) is 18.4 Å². The van der Waals surface area contributed by atoms with Crippen LogP contribution < -0.4 is 9.47 Å². The number of hydrogen-bond acceptors (Lipinski definition) is 5. The van der Waals surface area contributed by atoms with E-state index in [4.69, 9.17) is 14.2 Å². The molecule has 1 N–H and O–H groups in total. The highest BCUT2D eigenvalue weighted by molar-refractivity contribution is 5.78. The minimum atomic E-state index is -0.587. The molecule has 1 fully saturated rings. The number of hydrogen-bond donors (Lipinski definition) is 1. The van der Waals surface area contributed by atoms with Gasteiger partial charge in [0.25, 0.3) is 0 Å². The third-order valence-electron chi connectivity index (χ3n) is 5.07. The fourth-order valence-electron chi connectivity index (χ4n) is 3.87. The SMILES string of the molecule is COCOc1cccc2c1O[C@@H]1[C@@H](O)CCC[C@]21CC(=O)N(C)C. The van der Waals surface area contributed by atoms with Crippen LogP contribution in [0.3, 0.4) is 0 Å². The summed E-state index contributed by atoms with van der Waals surface area (Å²) in [5.74, 6) is 1.26. The van der Waals surface area contributed by atoms with E-state index in [1.807, 2.05) is 18.2 Å². The molecule has 1 heterocycles. The molecular formula is C18H25NO5. The Kier molecular flexibility index (Phi) is 4.69. The highest BCUT2D eigenvalue weighted by Gasteiger charge is 2.55. The lowest BCUT2D eigenvalue weighted by atomic mass is 9.65. The summed E-state index contributed by atoms with van der Waals surface area (Å²) >= 11 is 0. The van der Waals surface area contributed by atoms with Crippen molar-refractivity contribution >= 4 is 5.91 Å². The Labute approximate surface area is 142 Å². The van der Waals surface area contributed by atoms with Gasteiger partial charge in [0.1, 0.15) is 6.10 Å². The van der Waals surface area contributed by atoms with Gasteiger partial charge in [-0.05, 0) is 25.3 Å². The van der Waals surface area contributed by atoms with Gasteiger partial charge in [-0.2, -0.15) is 0 Å². The van der Waals surface area contributed by atoms with E-state index in [-0.39, 0.29) is 12.7 Å². The van der Waals surface area contributed by atoms with E-state index in [1.165, 1.54) is 0 Å². The predicted molar refractivity (Wildman–Crippen MR) is 88.2 cm³/mol. The molecule has 1 saturated carbocycles. The van der Waals surface area contributed by atoms with E-state index in [1.54, 1.807) is 26.1 Å². The Morgan fingerprint density at radius 2 is 2.25 bits per heavy atom. The summed E-state index contributed by atoms with van der Waals surface area (Å²) in [7, 11) is 5.06. The average Bonchev–Trinajstić information content (AvgIpc) is 2.89. The van der Waals surface area contributed by atoms with Crippen molar-refractivity contribution in [3.8, 4) is 11.5 Å². The number of nitrogens with zero attached hydrogens (tertiary/aromatic N) is 1. The standard InChI is InChI=1S/C18H25NO5/c1-19(2)15(21)10-18-9-5-7-13(20)17(18)24-16-12(18)6-4-8-14(16)23-11-22-3/h4,6,8,13,17,20H,5,7,9-11H2,1-3H3/t13-,17+,18-/m0/s1. The van der Waals surface area contributed by atoms with Crippen LogP contribution in [-0.2, 0) is 14.9 Å². The van der Waals surface area contributed by atoms with E-state index >= 15 is 0 Å². The van der Waals surface area contributed by atoms with Gasteiger partial charge in [0, 0.05) is 38.6 Å². The number of carbonyl (C=O) groups excluding carboxylic acids is 1. The molecule has 0 unspecified atom stereocenters. The Morgan fingerprint density at radius 1 is 1.46 bits per heavy atom. The fraction of sp³-hybridized carbons (Fsp3) is 0.611. The molecule has 24 heavy (non-hydrogen) atoms. The lowest BCUT2D eigenvalue weighted by Gasteiger charge is -2.40. The zero-order chi connectivity index (χ0) is 17.3. The Hall–Kier alpha value is -1.79. The first-order valence-corrected chi connectivity index (χ1v) is 8.29. The summed E-state index contributed by atoms with van der Waals surface area (Å²) in [6, 6.07) is 5.71. The molecular weight excluding hydrogens is 310 g/mol. The number of methoxy groups -OCH3 is 1. The number of fused-ring (bicyclic) bond motifs is 3. The van der Waals surface area contributed by atoms with Crippen molar-refractivity contribution in [2.45, 2.75) is 43.3 Å². The van der Waals surface area contributed by atoms with E-state index in [0.29, 0.717) is 24.3 Å². The molecule has 0 spiro atoms. The van der Waals surface area contributed by atoms with Crippen LogP contribution in [0.5, 0.6) is 11.5 Å². The number of ether oxygens (including phenoxy) is 3. The number of aliphatic hydroxyl groups is 1. The maximum atomic E-state index is 12.5. The first kappa shape index (κ1) is 17.0. The van der Waals surface area contributed by atoms with Crippen molar-refractivity contribution in [2.75, 3.05) is 28.0 Å². The summed E-state index contributed by atoms with van der Waals surface area (Å²) in [5, 5.41) is 10.5. The lowest BCUT2D eigenvalue weighted by molar-refractivity contribution is -0.132. The maximum absolute atomic E-state index is 12.5. The van der Waals surface area contributed by atoms with Crippen LogP contribution in [-0.4, -0.2) is 56.1 Å². The number of benzene rings is 1. The molecule has 0 bridgehead atoms. The van der Waals surface area contributed by atoms with Gasteiger partial charge in [-0.1, -0.05) is 12.1 Å². The van der Waals surface area contributed by atoms with E-state index < -0.39 is 17.6 Å². The van der Waals surface area contributed by atoms with Crippen LogP contribution in [0.25, 0.3) is 0 Å². The van der Waals surface area contributed by atoms with Gasteiger partial charge in [-0.15, -0.1) is 0 Å². The normalized spacial score (nSPS) is 27.8. The largest absolute Gasteiger partial charge is 0.483 e. The number of para-hydroxylation sites is 1. The molecule has 6 nitrogen and oxygen atoms in total. The molecule has 1 aliphatic heterocycles. The topological polar surface area (TPSA) is 68.2 Å². The number of rotatable bonds is 5. The quantitative estimate of drug-likeness (QED) is 0.830. The van der Waals surface area contributed by atoms with Gasteiger partial charge < -0.3 is 24.2 Å². The third-order valence-corrected chi connectivity index (χ3v) is 5.07. The monoisotopic (exact) mass is 335 g/mol. The van der Waals surface area contributed by atoms with Crippen molar-refractivity contribution in [1.29, 1.82) is 0 Å². The summed E-state index contributed by atoms with van der Waals surface area (Å²) in [6.45, 7) is 0.122. The number of amides is 1. The minimum absolute atomic E-state index is 0.0359. The molecule has 1 aromatic carbocycles. The molecule has 6 heteroatoms. The predicted octanol–water partition coefficient (Wildman–Crippen LogP) is 1.69. The third kappa shape index (κ3) is 2.74. The number of carbonyl (C=O) groups is 1. The molecule has 2 aliphatic rings. The zero-order valence-corrected chi connectivity index (χ0v) is 14.4.